The standard InChI is InChI=1S/C41H33N3/c1-40(2)31-14-8-9-16-36(31)43(37-19-17-27(23-33(37)40)26-11-6-5-7-12-26)28-18-20-35-30(24-28)29-13-10-15-32-39(29)44(35)38-21-22-42-25-34(38)41(32,3)4/h5-25H,1-4H3. The zero-order chi connectivity index (χ0) is 29.8. The number of para-hydroxylation sites is 2. The molecule has 3 nitrogen and oxygen atoms in total. The second-order valence-electron chi connectivity index (χ2n) is 13.3. The molecule has 0 spiro atoms. The molecule has 2 aromatic heterocycles. The van der Waals surface area contributed by atoms with Crippen molar-refractivity contribution < 1.29 is 0 Å². The fourth-order valence-electron chi connectivity index (χ4n) is 7.95. The predicted molar refractivity (Wildman–Crippen MR) is 183 cm³/mol. The van der Waals surface area contributed by atoms with Crippen molar-refractivity contribution in [2.24, 2.45) is 0 Å². The third kappa shape index (κ3) is 3.24. The average Bonchev–Trinajstić information content (AvgIpc) is 3.39. The van der Waals surface area contributed by atoms with Crippen molar-refractivity contribution in [3.05, 3.63) is 150 Å². The molecule has 44 heavy (non-hydrogen) atoms. The summed E-state index contributed by atoms with van der Waals surface area (Å²) in [5.74, 6) is 0. The number of aromatic nitrogens is 2. The minimum atomic E-state index is -0.148. The Morgan fingerprint density at radius 3 is 2.14 bits per heavy atom. The molecule has 0 atom stereocenters. The summed E-state index contributed by atoms with van der Waals surface area (Å²) in [7, 11) is 0. The number of hydrogen-bond acceptors (Lipinski definition) is 2. The Kier molecular flexibility index (Phi) is 5.02. The number of hydrogen-bond donors (Lipinski definition) is 0. The summed E-state index contributed by atoms with van der Waals surface area (Å²) in [5, 5.41) is 2.56. The van der Waals surface area contributed by atoms with Crippen molar-refractivity contribution >= 4 is 38.9 Å². The molecule has 3 heteroatoms. The average molecular weight is 568 g/mol. The Hall–Kier alpha value is -5.15. The van der Waals surface area contributed by atoms with Gasteiger partial charge in [0.25, 0.3) is 0 Å². The fourth-order valence-corrected chi connectivity index (χ4v) is 7.95. The van der Waals surface area contributed by atoms with Crippen LogP contribution in [0.3, 0.4) is 0 Å². The summed E-state index contributed by atoms with van der Waals surface area (Å²) in [6.45, 7) is 9.36. The lowest BCUT2D eigenvalue weighted by molar-refractivity contribution is 0.626. The van der Waals surface area contributed by atoms with Gasteiger partial charge in [-0.15, -0.1) is 0 Å². The monoisotopic (exact) mass is 567 g/mol. The van der Waals surface area contributed by atoms with E-state index in [0.717, 1.165) is 0 Å². The van der Waals surface area contributed by atoms with Crippen LogP contribution in [0.1, 0.15) is 49.9 Å². The van der Waals surface area contributed by atoms with Crippen LogP contribution in [0.15, 0.2) is 128 Å². The van der Waals surface area contributed by atoms with Crippen molar-refractivity contribution in [2.45, 2.75) is 38.5 Å². The van der Waals surface area contributed by atoms with Crippen molar-refractivity contribution in [3.8, 4) is 16.8 Å². The van der Waals surface area contributed by atoms with Crippen LogP contribution in [0, 0.1) is 0 Å². The van der Waals surface area contributed by atoms with E-state index in [9.17, 15) is 0 Å². The first-order valence-corrected chi connectivity index (χ1v) is 15.5. The van der Waals surface area contributed by atoms with E-state index in [0.29, 0.717) is 0 Å². The first kappa shape index (κ1) is 25.4. The second-order valence-corrected chi connectivity index (χ2v) is 13.3. The van der Waals surface area contributed by atoms with E-state index in [1.807, 2.05) is 12.4 Å². The van der Waals surface area contributed by atoms with Gasteiger partial charge in [0.1, 0.15) is 0 Å². The highest BCUT2D eigenvalue weighted by Crippen LogP contribution is 2.54. The lowest BCUT2D eigenvalue weighted by atomic mass is 9.73. The molecule has 0 bridgehead atoms. The lowest BCUT2D eigenvalue weighted by Gasteiger charge is -2.42. The summed E-state index contributed by atoms with van der Waals surface area (Å²) in [4.78, 5) is 7.00. The smallest absolute Gasteiger partial charge is 0.0582 e. The summed E-state index contributed by atoms with van der Waals surface area (Å²) >= 11 is 0. The number of fused-ring (bicyclic) bond motifs is 7. The first-order chi connectivity index (χ1) is 21.4. The minimum absolute atomic E-state index is 0.136. The molecule has 0 saturated carbocycles. The molecule has 9 rings (SSSR count). The van der Waals surface area contributed by atoms with Gasteiger partial charge < -0.3 is 9.47 Å². The van der Waals surface area contributed by atoms with E-state index in [-0.39, 0.29) is 10.8 Å². The van der Waals surface area contributed by atoms with Crippen LogP contribution < -0.4 is 4.90 Å². The normalized spacial score (nSPS) is 15.6. The third-order valence-electron chi connectivity index (χ3n) is 10.3. The van der Waals surface area contributed by atoms with Gasteiger partial charge in [0.15, 0.2) is 0 Å². The molecule has 4 heterocycles. The Morgan fingerprint density at radius 2 is 1.27 bits per heavy atom. The van der Waals surface area contributed by atoms with E-state index in [2.05, 4.69) is 157 Å². The summed E-state index contributed by atoms with van der Waals surface area (Å²) in [6.07, 6.45) is 3.96. The van der Waals surface area contributed by atoms with Gasteiger partial charge in [0.2, 0.25) is 0 Å². The van der Waals surface area contributed by atoms with Gasteiger partial charge in [-0.05, 0) is 70.3 Å². The Balaban J connectivity index is 1.31. The van der Waals surface area contributed by atoms with Gasteiger partial charge in [-0.3, -0.25) is 4.98 Å². The van der Waals surface area contributed by atoms with E-state index in [4.69, 9.17) is 0 Å². The maximum Gasteiger partial charge on any atom is 0.0582 e. The number of anilines is 3. The quantitative estimate of drug-likeness (QED) is 0.207. The molecule has 0 N–H and O–H groups in total. The van der Waals surface area contributed by atoms with Gasteiger partial charge in [0.05, 0.1) is 28.1 Å². The largest absolute Gasteiger partial charge is 0.310 e. The summed E-state index contributed by atoms with van der Waals surface area (Å²) in [6, 6.07) is 42.6. The van der Waals surface area contributed by atoms with Crippen LogP contribution >= 0.6 is 0 Å². The van der Waals surface area contributed by atoms with Crippen LogP contribution in [-0.4, -0.2) is 9.55 Å². The van der Waals surface area contributed by atoms with Crippen molar-refractivity contribution in [1.82, 2.24) is 9.55 Å². The van der Waals surface area contributed by atoms with Crippen LogP contribution in [0.4, 0.5) is 17.1 Å². The van der Waals surface area contributed by atoms with Gasteiger partial charge in [-0.25, -0.2) is 0 Å². The van der Waals surface area contributed by atoms with E-state index in [1.54, 1.807) is 0 Å². The van der Waals surface area contributed by atoms with Crippen LogP contribution in [0.2, 0.25) is 0 Å². The van der Waals surface area contributed by atoms with Crippen LogP contribution in [-0.2, 0) is 10.8 Å². The number of benzene rings is 5. The molecule has 2 aliphatic heterocycles. The number of pyridine rings is 1. The highest BCUT2D eigenvalue weighted by molar-refractivity contribution is 6.13. The molecule has 0 saturated heterocycles. The highest BCUT2D eigenvalue weighted by atomic mass is 15.2. The molecule has 5 aromatic carbocycles. The first-order valence-electron chi connectivity index (χ1n) is 15.5. The molecule has 0 unspecified atom stereocenters. The predicted octanol–water partition coefficient (Wildman–Crippen LogP) is 10.6. The Morgan fingerprint density at radius 1 is 0.523 bits per heavy atom. The summed E-state index contributed by atoms with van der Waals surface area (Å²) < 4.78 is 2.46. The maximum absolute atomic E-state index is 4.53. The summed E-state index contributed by atoms with van der Waals surface area (Å²) in [5.41, 5.74) is 14.9. The highest BCUT2D eigenvalue weighted by Gasteiger charge is 2.38. The van der Waals surface area contributed by atoms with Gasteiger partial charge >= 0.3 is 0 Å². The van der Waals surface area contributed by atoms with Crippen LogP contribution in [0.5, 0.6) is 0 Å². The zero-order valence-electron chi connectivity index (χ0n) is 25.5. The van der Waals surface area contributed by atoms with Gasteiger partial charge in [-0.1, -0.05) is 100 Å². The number of nitrogens with zero attached hydrogens (tertiary/aromatic N) is 3. The maximum atomic E-state index is 4.53. The molecular weight excluding hydrogens is 534 g/mol. The van der Waals surface area contributed by atoms with Crippen molar-refractivity contribution in [1.29, 1.82) is 0 Å². The molecule has 0 amide bonds. The fraction of sp³-hybridized carbons (Fsp3) is 0.146. The molecule has 212 valence electrons. The second kappa shape index (κ2) is 8.70. The van der Waals surface area contributed by atoms with Crippen molar-refractivity contribution in [2.75, 3.05) is 4.90 Å². The topological polar surface area (TPSA) is 21.1 Å². The van der Waals surface area contributed by atoms with E-state index >= 15 is 0 Å². The SMILES string of the molecule is CC1(C)c2ccccc2N(c2ccc3c(c2)c2cccc4c2n3-c2ccncc2C4(C)C)c2ccc(-c3ccccc3)cc21. The molecular formula is C41H33N3. The molecule has 0 aliphatic carbocycles. The molecule has 7 aromatic rings. The third-order valence-corrected chi connectivity index (χ3v) is 10.3. The Labute approximate surface area is 258 Å². The van der Waals surface area contributed by atoms with Crippen molar-refractivity contribution in [3.63, 3.8) is 0 Å². The Bertz CT molecular complexity index is 2290. The van der Waals surface area contributed by atoms with Gasteiger partial charge in [-0.2, -0.15) is 0 Å². The lowest BCUT2D eigenvalue weighted by Crippen LogP contribution is -2.30. The molecule has 0 fully saturated rings. The molecule has 0 radical (unpaired) electrons. The zero-order valence-corrected chi connectivity index (χ0v) is 25.5. The molecule has 2 aliphatic rings. The number of rotatable bonds is 2. The van der Waals surface area contributed by atoms with Crippen LogP contribution in [0.25, 0.3) is 38.6 Å². The minimum Gasteiger partial charge on any atom is -0.310 e. The van der Waals surface area contributed by atoms with E-state index in [1.165, 1.54) is 77.9 Å². The van der Waals surface area contributed by atoms with Gasteiger partial charge in [0, 0.05) is 45.2 Å². The van der Waals surface area contributed by atoms with E-state index < -0.39 is 0 Å².